The van der Waals surface area contributed by atoms with E-state index in [-0.39, 0.29) is 18.4 Å². The Hall–Kier alpha value is -2.11. The zero-order chi connectivity index (χ0) is 15.6. The number of piperidine rings is 1. The third kappa shape index (κ3) is 3.32. The topological polar surface area (TPSA) is 69.6 Å². The van der Waals surface area contributed by atoms with E-state index in [1.165, 1.54) is 23.1 Å². The number of anilines is 1. The molecule has 0 radical (unpaired) electrons. The Labute approximate surface area is 122 Å². The molecule has 0 spiro atoms. The number of hydrogen-bond acceptors (Lipinski definition) is 2. The number of likely N-dealkylation sites (tertiary alicyclic amines) is 1. The van der Waals surface area contributed by atoms with Crippen molar-refractivity contribution in [1.82, 2.24) is 4.90 Å². The number of aryl methyl sites for hydroxylation is 1. The fraction of sp³-hybridized carbons (Fsp3) is 0.467. The molecule has 1 aliphatic heterocycles. The summed E-state index contributed by atoms with van der Waals surface area (Å²) in [5.41, 5.74) is 0.248. The van der Waals surface area contributed by atoms with Gasteiger partial charge in [0.1, 0.15) is 5.82 Å². The van der Waals surface area contributed by atoms with Gasteiger partial charge in [-0.05, 0) is 50.5 Å². The Morgan fingerprint density at radius 2 is 2.14 bits per heavy atom. The van der Waals surface area contributed by atoms with Crippen LogP contribution in [0.15, 0.2) is 18.2 Å². The summed E-state index contributed by atoms with van der Waals surface area (Å²) in [7, 11) is 0. The second kappa shape index (κ2) is 5.71. The predicted molar refractivity (Wildman–Crippen MR) is 76.7 cm³/mol. The largest absolute Gasteiger partial charge is 0.481 e. The van der Waals surface area contributed by atoms with Crippen LogP contribution in [0.4, 0.5) is 14.9 Å². The van der Waals surface area contributed by atoms with Gasteiger partial charge in [-0.15, -0.1) is 0 Å². The molecule has 1 fully saturated rings. The first-order valence-electron chi connectivity index (χ1n) is 6.87. The van der Waals surface area contributed by atoms with Gasteiger partial charge in [-0.1, -0.05) is 0 Å². The van der Waals surface area contributed by atoms with E-state index in [1.807, 2.05) is 0 Å². The van der Waals surface area contributed by atoms with E-state index in [0.29, 0.717) is 30.6 Å². The van der Waals surface area contributed by atoms with Crippen LogP contribution in [0.1, 0.15) is 25.3 Å². The molecule has 2 amide bonds. The first-order valence-corrected chi connectivity index (χ1v) is 6.87. The quantitative estimate of drug-likeness (QED) is 0.881. The molecule has 1 aromatic carbocycles. The second-order valence-electron chi connectivity index (χ2n) is 5.78. The van der Waals surface area contributed by atoms with E-state index in [4.69, 9.17) is 0 Å². The standard InChI is InChI=1S/C15H19FN2O3/c1-10-8-11(16)4-5-12(10)17-14(21)18-7-3-6-15(2,9-18)13(19)20/h4-5,8H,3,6-7,9H2,1-2H3,(H,17,21)(H,19,20). The van der Waals surface area contributed by atoms with Crippen LogP contribution < -0.4 is 5.32 Å². The first-order chi connectivity index (χ1) is 9.82. The fourth-order valence-electron chi connectivity index (χ4n) is 2.55. The molecule has 6 heteroatoms. The van der Waals surface area contributed by atoms with E-state index < -0.39 is 11.4 Å². The minimum absolute atomic E-state index is 0.175. The van der Waals surface area contributed by atoms with E-state index in [1.54, 1.807) is 13.8 Å². The normalized spacial score (nSPS) is 22.0. The zero-order valence-corrected chi connectivity index (χ0v) is 12.1. The van der Waals surface area contributed by atoms with Crippen molar-refractivity contribution in [2.24, 2.45) is 5.41 Å². The van der Waals surface area contributed by atoms with Gasteiger partial charge >= 0.3 is 12.0 Å². The van der Waals surface area contributed by atoms with E-state index in [9.17, 15) is 19.1 Å². The Morgan fingerprint density at radius 1 is 1.43 bits per heavy atom. The summed E-state index contributed by atoms with van der Waals surface area (Å²) in [6, 6.07) is 3.77. The third-order valence-electron chi connectivity index (χ3n) is 3.93. The molecule has 1 saturated heterocycles. The van der Waals surface area contributed by atoms with E-state index >= 15 is 0 Å². The SMILES string of the molecule is Cc1cc(F)ccc1NC(=O)N1CCCC(C)(C(=O)O)C1. The molecule has 5 nitrogen and oxygen atoms in total. The van der Waals surface area contributed by atoms with Crippen molar-refractivity contribution in [3.8, 4) is 0 Å². The molecule has 0 bridgehead atoms. The molecule has 0 aromatic heterocycles. The highest BCUT2D eigenvalue weighted by atomic mass is 19.1. The van der Waals surface area contributed by atoms with Gasteiger partial charge in [0.05, 0.1) is 5.41 Å². The summed E-state index contributed by atoms with van der Waals surface area (Å²) in [4.78, 5) is 25.0. The minimum Gasteiger partial charge on any atom is -0.481 e. The van der Waals surface area contributed by atoms with Gasteiger partial charge in [-0.25, -0.2) is 9.18 Å². The summed E-state index contributed by atoms with van der Waals surface area (Å²) < 4.78 is 13.0. The number of urea groups is 1. The lowest BCUT2D eigenvalue weighted by Crippen LogP contribution is -2.49. The molecule has 1 aliphatic rings. The maximum atomic E-state index is 13.0. The van der Waals surface area contributed by atoms with Gasteiger partial charge < -0.3 is 15.3 Å². The van der Waals surface area contributed by atoms with Gasteiger partial charge in [-0.2, -0.15) is 0 Å². The zero-order valence-electron chi connectivity index (χ0n) is 12.1. The van der Waals surface area contributed by atoms with E-state index in [0.717, 1.165) is 0 Å². The highest BCUT2D eigenvalue weighted by molar-refractivity contribution is 5.90. The molecule has 21 heavy (non-hydrogen) atoms. The van der Waals surface area contributed by atoms with Crippen LogP contribution >= 0.6 is 0 Å². The number of amides is 2. The monoisotopic (exact) mass is 294 g/mol. The number of hydrogen-bond donors (Lipinski definition) is 2. The second-order valence-corrected chi connectivity index (χ2v) is 5.78. The highest BCUT2D eigenvalue weighted by Crippen LogP contribution is 2.30. The number of nitrogens with zero attached hydrogens (tertiary/aromatic N) is 1. The number of carbonyl (C=O) groups is 2. The Bertz CT molecular complexity index is 576. The molecule has 2 rings (SSSR count). The summed E-state index contributed by atoms with van der Waals surface area (Å²) >= 11 is 0. The smallest absolute Gasteiger partial charge is 0.321 e. The Morgan fingerprint density at radius 3 is 2.76 bits per heavy atom. The first kappa shape index (κ1) is 15.3. The van der Waals surface area contributed by atoms with Crippen molar-refractivity contribution < 1.29 is 19.1 Å². The van der Waals surface area contributed by atoms with Gasteiger partial charge in [-0.3, -0.25) is 4.79 Å². The number of halogens is 1. The van der Waals surface area contributed by atoms with Crippen LogP contribution in [-0.4, -0.2) is 35.1 Å². The lowest BCUT2D eigenvalue weighted by molar-refractivity contribution is -0.150. The molecule has 0 aliphatic carbocycles. The number of aliphatic carboxylic acids is 1. The number of carbonyl (C=O) groups excluding carboxylic acids is 1. The van der Waals surface area contributed by atoms with E-state index in [2.05, 4.69) is 5.32 Å². The summed E-state index contributed by atoms with van der Waals surface area (Å²) in [5.74, 6) is -1.25. The summed E-state index contributed by atoms with van der Waals surface area (Å²) in [6.07, 6.45) is 1.21. The maximum absolute atomic E-state index is 13.0. The average molecular weight is 294 g/mol. The Balaban J connectivity index is 2.08. The fourth-order valence-corrected chi connectivity index (χ4v) is 2.55. The van der Waals surface area contributed by atoms with Crippen LogP contribution in [0, 0.1) is 18.2 Å². The van der Waals surface area contributed by atoms with Gasteiger partial charge in [0.15, 0.2) is 0 Å². The van der Waals surface area contributed by atoms with Crippen molar-refractivity contribution in [2.45, 2.75) is 26.7 Å². The molecular weight excluding hydrogens is 275 g/mol. The number of nitrogens with one attached hydrogen (secondary N) is 1. The number of carboxylic acids is 1. The molecule has 0 saturated carbocycles. The third-order valence-corrected chi connectivity index (χ3v) is 3.93. The minimum atomic E-state index is -0.909. The molecule has 1 heterocycles. The number of benzene rings is 1. The van der Waals surface area contributed by atoms with Crippen LogP contribution in [0.25, 0.3) is 0 Å². The lowest BCUT2D eigenvalue weighted by Gasteiger charge is -2.37. The number of rotatable bonds is 2. The highest BCUT2D eigenvalue weighted by Gasteiger charge is 2.39. The Kier molecular flexibility index (Phi) is 4.16. The van der Waals surface area contributed by atoms with Crippen molar-refractivity contribution >= 4 is 17.7 Å². The molecule has 1 aromatic rings. The van der Waals surface area contributed by atoms with Crippen molar-refractivity contribution in [1.29, 1.82) is 0 Å². The number of carboxylic acid groups (broad SMARTS) is 1. The summed E-state index contributed by atoms with van der Waals surface area (Å²) in [5, 5.41) is 12.0. The summed E-state index contributed by atoms with van der Waals surface area (Å²) in [6.45, 7) is 4.05. The van der Waals surface area contributed by atoms with Crippen LogP contribution in [0.2, 0.25) is 0 Å². The predicted octanol–water partition coefficient (Wildman–Crippen LogP) is 2.85. The molecule has 2 N–H and O–H groups in total. The lowest BCUT2D eigenvalue weighted by atomic mass is 9.82. The maximum Gasteiger partial charge on any atom is 0.321 e. The van der Waals surface area contributed by atoms with Gasteiger partial charge in [0.2, 0.25) is 0 Å². The average Bonchev–Trinajstić information content (AvgIpc) is 2.41. The molecular formula is C15H19FN2O3. The molecule has 114 valence electrons. The van der Waals surface area contributed by atoms with Crippen LogP contribution in [0.3, 0.4) is 0 Å². The molecule has 1 atom stereocenters. The van der Waals surface area contributed by atoms with Gasteiger partial charge in [0, 0.05) is 18.8 Å². The van der Waals surface area contributed by atoms with Crippen molar-refractivity contribution in [2.75, 3.05) is 18.4 Å². The molecule has 1 unspecified atom stereocenters. The van der Waals surface area contributed by atoms with Crippen molar-refractivity contribution in [3.05, 3.63) is 29.6 Å². The van der Waals surface area contributed by atoms with Crippen molar-refractivity contribution in [3.63, 3.8) is 0 Å². The van der Waals surface area contributed by atoms with Crippen LogP contribution in [0.5, 0.6) is 0 Å². The van der Waals surface area contributed by atoms with Gasteiger partial charge in [0.25, 0.3) is 0 Å². The van der Waals surface area contributed by atoms with Crippen LogP contribution in [-0.2, 0) is 4.79 Å².